The number of halogens is 1. The van der Waals surface area contributed by atoms with Crippen LogP contribution in [0.25, 0.3) is 33.1 Å². The van der Waals surface area contributed by atoms with Crippen LogP contribution in [0.3, 0.4) is 0 Å². The molecule has 24 heavy (non-hydrogen) atoms. The van der Waals surface area contributed by atoms with Gasteiger partial charge in [-0.25, -0.2) is 9.07 Å². The van der Waals surface area contributed by atoms with Crippen LogP contribution in [0.15, 0.2) is 30.7 Å². The Morgan fingerprint density at radius 1 is 1.17 bits per heavy atom. The van der Waals surface area contributed by atoms with Crippen molar-refractivity contribution >= 4 is 21.9 Å². The molecule has 120 valence electrons. The minimum absolute atomic E-state index is 0.359. The van der Waals surface area contributed by atoms with Crippen molar-refractivity contribution in [1.29, 1.82) is 0 Å². The van der Waals surface area contributed by atoms with Crippen LogP contribution in [0.1, 0.15) is 5.56 Å². The molecule has 0 fully saturated rings. The molecule has 3 aromatic heterocycles. The molecule has 0 aliphatic rings. The van der Waals surface area contributed by atoms with E-state index in [1.807, 2.05) is 6.92 Å². The van der Waals surface area contributed by atoms with Gasteiger partial charge in [-0.2, -0.15) is 5.10 Å². The fourth-order valence-electron chi connectivity index (χ4n) is 2.96. The number of aryl methyl sites for hydroxylation is 2. The van der Waals surface area contributed by atoms with Crippen LogP contribution in [-0.2, 0) is 7.05 Å². The molecule has 0 bridgehead atoms. The molecular weight excluding hydrogens is 309 g/mol. The summed E-state index contributed by atoms with van der Waals surface area (Å²) in [7, 11) is 3.27. The van der Waals surface area contributed by atoms with Crippen molar-refractivity contribution in [2.75, 3.05) is 7.11 Å². The largest absolute Gasteiger partial charge is 0.494 e. The number of hydrogen-bond donors (Lipinski definition) is 0. The Morgan fingerprint density at radius 2 is 2.00 bits per heavy atom. The molecule has 6 nitrogen and oxygen atoms in total. The van der Waals surface area contributed by atoms with E-state index in [0.717, 1.165) is 10.9 Å². The van der Waals surface area contributed by atoms with Gasteiger partial charge in [0, 0.05) is 24.8 Å². The lowest BCUT2D eigenvalue weighted by Gasteiger charge is -2.14. The lowest BCUT2D eigenvalue weighted by molar-refractivity contribution is 0.417. The maximum absolute atomic E-state index is 15.0. The molecule has 0 aliphatic carbocycles. The topological polar surface area (TPSA) is 65.7 Å². The van der Waals surface area contributed by atoms with Gasteiger partial charge in [-0.3, -0.25) is 4.98 Å². The van der Waals surface area contributed by atoms with E-state index in [1.54, 1.807) is 36.4 Å². The van der Waals surface area contributed by atoms with Crippen LogP contribution in [0.5, 0.6) is 5.75 Å². The minimum Gasteiger partial charge on any atom is -0.494 e. The highest BCUT2D eigenvalue weighted by molar-refractivity contribution is 6.06. The Bertz CT molecular complexity index is 1090. The summed E-state index contributed by atoms with van der Waals surface area (Å²) in [6.07, 6.45) is 4.97. The maximum Gasteiger partial charge on any atom is 0.180 e. The molecule has 4 aromatic rings. The van der Waals surface area contributed by atoms with Crippen molar-refractivity contribution in [2.45, 2.75) is 6.92 Å². The summed E-state index contributed by atoms with van der Waals surface area (Å²) in [5.41, 5.74) is 3.03. The first kappa shape index (κ1) is 14.5. The van der Waals surface area contributed by atoms with Crippen LogP contribution in [0.2, 0.25) is 0 Å². The summed E-state index contributed by atoms with van der Waals surface area (Å²) < 4.78 is 22.1. The molecule has 0 spiro atoms. The van der Waals surface area contributed by atoms with Crippen molar-refractivity contribution in [3.8, 4) is 16.9 Å². The molecule has 0 saturated heterocycles. The lowest BCUT2D eigenvalue weighted by Crippen LogP contribution is -1.99. The number of nitrogens with zero attached hydrogens (tertiary/aromatic N) is 5. The third-order valence-electron chi connectivity index (χ3n) is 4.14. The second-order valence-corrected chi connectivity index (χ2v) is 5.56. The highest BCUT2D eigenvalue weighted by Crippen LogP contribution is 2.40. The van der Waals surface area contributed by atoms with Crippen LogP contribution in [0.4, 0.5) is 4.39 Å². The number of rotatable bonds is 2. The van der Waals surface area contributed by atoms with Crippen LogP contribution < -0.4 is 4.74 Å². The summed E-state index contributed by atoms with van der Waals surface area (Å²) >= 11 is 0. The number of fused-ring (bicyclic) bond motifs is 3. The first-order valence-electron chi connectivity index (χ1n) is 7.37. The van der Waals surface area contributed by atoms with Gasteiger partial charge in [-0.1, -0.05) is 0 Å². The first-order chi connectivity index (χ1) is 11.6. The second-order valence-electron chi connectivity index (χ2n) is 5.56. The van der Waals surface area contributed by atoms with Gasteiger partial charge in [0.15, 0.2) is 11.4 Å². The summed E-state index contributed by atoms with van der Waals surface area (Å²) in [6.45, 7) is 1.88. The zero-order valence-corrected chi connectivity index (χ0v) is 13.4. The Labute approximate surface area is 136 Å². The fourth-order valence-corrected chi connectivity index (χ4v) is 2.96. The minimum atomic E-state index is -0.383. The Kier molecular flexibility index (Phi) is 3.16. The van der Waals surface area contributed by atoms with Gasteiger partial charge < -0.3 is 4.74 Å². The number of hydrogen-bond acceptors (Lipinski definition) is 5. The van der Waals surface area contributed by atoms with E-state index in [-0.39, 0.29) is 5.82 Å². The van der Waals surface area contributed by atoms with Crippen molar-refractivity contribution in [1.82, 2.24) is 25.0 Å². The van der Waals surface area contributed by atoms with E-state index in [4.69, 9.17) is 4.74 Å². The maximum atomic E-state index is 15.0. The van der Waals surface area contributed by atoms with Crippen molar-refractivity contribution in [3.05, 3.63) is 42.1 Å². The van der Waals surface area contributed by atoms with E-state index in [2.05, 4.69) is 20.3 Å². The van der Waals surface area contributed by atoms with Gasteiger partial charge in [0.05, 0.1) is 24.3 Å². The van der Waals surface area contributed by atoms with Gasteiger partial charge in [-0.05, 0) is 30.2 Å². The molecule has 1 aromatic carbocycles. The number of methoxy groups -OCH3 is 1. The molecule has 7 heteroatoms. The van der Waals surface area contributed by atoms with Gasteiger partial charge in [0.25, 0.3) is 0 Å². The SMILES string of the molecule is COc1c(-c2ccncc2C)c(F)cc2c1nnc1c2cnn1C. The molecule has 4 rings (SSSR count). The molecule has 0 N–H and O–H groups in total. The number of aromatic nitrogens is 5. The molecule has 0 amide bonds. The van der Waals surface area contributed by atoms with E-state index in [1.165, 1.54) is 13.2 Å². The average molecular weight is 323 g/mol. The van der Waals surface area contributed by atoms with Gasteiger partial charge in [-0.15, -0.1) is 10.2 Å². The Balaban J connectivity index is 2.15. The highest BCUT2D eigenvalue weighted by Gasteiger charge is 2.21. The second kappa shape index (κ2) is 5.23. The number of benzene rings is 1. The average Bonchev–Trinajstić information content (AvgIpc) is 2.96. The van der Waals surface area contributed by atoms with E-state index >= 15 is 0 Å². The van der Waals surface area contributed by atoms with E-state index in [0.29, 0.717) is 33.4 Å². The third-order valence-corrected chi connectivity index (χ3v) is 4.14. The zero-order chi connectivity index (χ0) is 16.8. The summed E-state index contributed by atoms with van der Waals surface area (Å²) in [5, 5.41) is 14.0. The fraction of sp³-hybridized carbons (Fsp3) is 0.176. The van der Waals surface area contributed by atoms with Crippen molar-refractivity contribution in [2.24, 2.45) is 7.05 Å². The molecule has 0 atom stereocenters. The quantitative estimate of drug-likeness (QED) is 0.567. The lowest BCUT2D eigenvalue weighted by atomic mass is 9.98. The molecule has 3 heterocycles. The van der Waals surface area contributed by atoms with Gasteiger partial charge in [0.2, 0.25) is 0 Å². The van der Waals surface area contributed by atoms with Gasteiger partial charge >= 0.3 is 0 Å². The molecule has 0 unspecified atom stereocenters. The summed E-state index contributed by atoms with van der Waals surface area (Å²) in [5.74, 6) is -0.0237. The van der Waals surface area contributed by atoms with Crippen LogP contribution in [0, 0.1) is 12.7 Å². The molecular formula is C17H14FN5O. The predicted octanol–water partition coefficient (Wildman–Crippen LogP) is 3.03. The van der Waals surface area contributed by atoms with Crippen molar-refractivity contribution in [3.63, 3.8) is 0 Å². The normalized spacial score (nSPS) is 11.3. The number of ether oxygens (including phenoxy) is 1. The number of pyridine rings is 1. The molecule has 0 radical (unpaired) electrons. The van der Waals surface area contributed by atoms with Crippen LogP contribution in [-0.4, -0.2) is 32.1 Å². The third kappa shape index (κ3) is 1.94. The predicted molar refractivity (Wildman–Crippen MR) is 88.3 cm³/mol. The smallest absolute Gasteiger partial charge is 0.180 e. The van der Waals surface area contributed by atoms with Crippen LogP contribution >= 0.6 is 0 Å². The van der Waals surface area contributed by atoms with Crippen molar-refractivity contribution < 1.29 is 9.13 Å². The highest BCUT2D eigenvalue weighted by atomic mass is 19.1. The molecule has 0 saturated carbocycles. The summed E-state index contributed by atoms with van der Waals surface area (Å²) in [4.78, 5) is 4.06. The first-order valence-corrected chi connectivity index (χ1v) is 7.37. The van der Waals surface area contributed by atoms with E-state index < -0.39 is 0 Å². The Morgan fingerprint density at radius 3 is 2.75 bits per heavy atom. The standard InChI is InChI=1S/C17H14FN5O/c1-9-7-19-5-4-10(9)14-13(18)6-11-12-8-20-23(2)17(12)22-21-15(11)16(14)24-3/h4-8H,1-3H3. The monoisotopic (exact) mass is 323 g/mol. The molecule has 0 aliphatic heterocycles. The Hall–Kier alpha value is -3.09. The summed E-state index contributed by atoms with van der Waals surface area (Å²) in [6, 6.07) is 3.23. The van der Waals surface area contributed by atoms with E-state index in [9.17, 15) is 4.39 Å². The zero-order valence-electron chi connectivity index (χ0n) is 13.4. The van der Waals surface area contributed by atoms with Gasteiger partial charge in [0.1, 0.15) is 11.3 Å².